The molecule has 1 amide bonds. The summed E-state index contributed by atoms with van der Waals surface area (Å²) >= 11 is 11.9. The molecule has 2 aromatic carbocycles. The summed E-state index contributed by atoms with van der Waals surface area (Å²) in [4.78, 5) is 24.0. The number of nitrogens with zero attached hydrogens (tertiary/aromatic N) is 3. The summed E-state index contributed by atoms with van der Waals surface area (Å²) in [6.45, 7) is 1.76. The average Bonchev–Trinajstić information content (AvgIpc) is 3.12. The fraction of sp³-hybridized carbons (Fsp3) is 0.200. The van der Waals surface area contributed by atoms with E-state index in [0.29, 0.717) is 16.4 Å². The van der Waals surface area contributed by atoms with E-state index in [-0.39, 0.29) is 18.1 Å². The molecule has 1 aromatic heterocycles. The highest BCUT2D eigenvalue weighted by atomic mass is 35.5. The molecule has 0 spiro atoms. The first kappa shape index (κ1) is 21.8. The lowest BCUT2D eigenvalue weighted by Crippen LogP contribution is -2.42. The zero-order valence-electron chi connectivity index (χ0n) is 16.0. The molecule has 0 aliphatic rings. The van der Waals surface area contributed by atoms with E-state index in [1.54, 1.807) is 18.2 Å². The molecule has 10 heteroatoms. The number of carboxylic acid groups (broad SMARTS) is 1. The molecule has 0 aliphatic heterocycles. The topological polar surface area (TPSA) is 109 Å². The van der Waals surface area contributed by atoms with Crippen LogP contribution in [-0.4, -0.2) is 44.6 Å². The highest BCUT2D eigenvalue weighted by molar-refractivity contribution is 6.31. The summed E-state index contributed by atoms with van der Waals surface area (Å²) in [6.07, 6.45) is 1.74. The average molecular weight is 448 g/mol. The van der Waals surface area contributed by atoms with Crippen LogP contribution in [0.1, 0.15) is 11.1 Å². The third-order valence-corrected chi connectivity index (χ3v) is 4.72. The smallest absolute Gasteiger partial charge is 0.321 e. The lowest BCUT2D eigenvalue weighted by atomic mass is 10.0. The first-order valence-corrected chi connectivity index (χ1v) is 9.77. The van der Waals surface area contributed by atoms with E-state index in [1.165, 1.54) is 10.9 Å². The molecule has 0 saturated heterocycles. The van der Waals surface area contributed by atoms with E-state index < -0.39 is 17.9 Å². The van der Waals surface area contributed by atoms with Gasteiger partial charge in [-0.1, -0.05) is 58.2 Å². The van der Waals surface area contributed by atoms with E-state index in [9.17, 15) is 14.7 Å². The molecule has 0 saturated carbocycles. The molecular weight excluding hydrogens is 429 g/mol. The number of aromatic nitrogens is 3. The van der Waals surface area contributed by atoms with Crippen LogP contribution in [0, 0.1) is 6.92 Å². The third-order valence-electron chi connectivity index (χ3n) is 4.31. The minimum absolute atomic E-state index is 0.198. The molecule has 1 atom stereocenters. The van der Waals surface area contributed by atoms with Crippen LogP contribution in [0.2, 0.25) is 10.2 Å². The van der Waals surface area contributed by atoms with Crippen LogP contribution in [0.5, 0.6) is 0 Å². The molecule has 156 valence electrons. The fourth-order valence-electron chi connectivity index (χ4n) is 2.79. The Morgan fingerprint density at radius 1 is 1.17 bits per heavy atom. The molecular formula is C20H19Cl2N5O3. The zero-order chi connectivity index (χ0) is 21.7. The number of halogens is 2. The molecule has 0 aliphatic carbocycles. The van der Waals surface area contributed by atoms with Crippen molar-refractivity contribution in [1.82, 2.24) is 20.3 Å². The van der Waals surface area contributed by atoms with E-state index in [4.69, 9.17) is 23.2 Å². The molecule has 3 rings (SSSR count). The summed E-state index contributed by atoms with van der Waals surface area (Å²) in [5.41, 5.74) is 2.85. The molecule has 3 aromatic rings. The number of aliphatic carboxylic acids is 1. The number of carbonyl (C=O) groups is 2. The van der Waals surface area contributed by atoms with Crippen molar-refractivity contribution in [2.24, 2.45) is 0 Å². The summed E-state index contributed by atoms with van der Waals surface area (Å²) in [7, 11) is 0. The number of benzene rings is 2. The van der Waals surface area contributed by atoms with Crippen LogP contribution >= 0.6 is 23.2 Å². The maximum Gasteiger partial charge on any atom is 0.321 e. The minimum Gasteiger partial charge on any atom is -0.480 e. The quantitative estimate of drug-likeness (QED) is 0.489. The highest BCUT2D eigenvalue weighted by Gasteiger charge is 2.19. The molecule has 0 radical (unpaired) electrons. The van der Waals surface area contributed by atoms with Gasteiger partial charge in [-0.3, -0.25) is 14.9 Å². The van der Waals surface area contributed by atoms with Gasteiger partial charge in [0.1, 0.15) is 6.04 Å². The predicted octanol–water partition coefficient (Wildman–Crippen LogP) is 3.11. The number of rotatable bonds is 8. The van der Waals surface area contributed by atoms with Crippen molar-refractivity contribution in [3.8, 4) is 5.69 Å². The van der Waals surface area contributed by atoms with Crippen LogP contribution < -0.4 is 10.6 Å². The molecule has 0 fully saturated rings. The first-order valence-electron chi connectivity index (χ1n) is 9.01. The number of carboxylic acids is 1. The Labute approximate surface area is 182 Å². The second-order valence-corrected chi connectivity index (χ2v) is 7.48. The Morgan fingerprint density at radius 3 is 2.53 bits per heavy atom. The van der Waals surface area contributed by atoms with Crippen molar-refractivity contribution in [3.63, 3.8) is 0 Å². The molecule has 1 unspecified atom stereocenters. The van der Waals surface area contributed by atoms with Gasteiger partial charge in [0.05, 0.1) is 24.1 Å². The minimum atomic E-state index is -1.04. The fourth-order valence-corrected chi connectivity index (χ4v) is 3.08. The number of hydrogen-bond acceptors (Lipinski definition) is 5. The van der Waals surface area contributed by atoms with E-state index in [0.717, 1.165) is 11.1 Å². The largest absolute Gasteiger partial charge is 0.480 e. The summed E-state index contributed by atoms with van der Waals surface area (Å²) in [5, 5.41) is 23.2. The van der Waals surface area contributed by atoms with Crippen LogP contribution in [0.15, 0.2) is 48.7 Å². The van der Waals surface area contributed by atoms with Gasteiger partial charge in [0.25, 0.3) is 0 Å². The molecule has 0 bridgehead atoms. The Bertz CT molecular complexity index is 1050. The SMILES string of the molecule is Cc1ccc(CC(NCC(=O)Nc2cc(Cl)ccc2-n2cc(Cl)nn2)C(=O)O)cc1. The second kappa shape index (κ2) is 9.71. The lowest BCUT2D eigenvalue weighted by molar-refractivity contribution is -0.139. The van der Waals surface area contributed by atoms with Crippen molar-refractivity contribution >= 4 is 40.8 Å². The Morgan fingerprint density at radius 2 is 1.90 bits per heavy atom. The normalized spacial score (nSPS) is 11.8. The van der Waals surface area contributed by atoms with Gasteiger partial charge >= 0.3 is 5.97 Å². The maximum atomic E-state index is 12.5. The number of carbonyl (C=O) groups excluding carboxylic acids is 1. The molecule has 1 heterocycles. The van der Waals surface area contributed by atoms with Crippen LogP contribution in [0.4, 0.5) is 5.69 Å². The van der Waals surface area contributed by atoms with Gasteiger partial charge in [-0.25, -0.2) is 4.68 Å². The number of amides is 1. The Balaban J connectivity index is 1.66. The Hall–Kier alpha value is -2.94. The van der Waals surface area contributed by atoms with Crippen molar-refractivity contribution in [2.75, 3.05) is 11.9 Å². The monoisotopic (exact) mass is 447 g/mol. The molecule has 8 nitrogen and oxygen atoms in total. The number of nitrogens with one attached hydrogen (secondary N) is 2. The van der Waals surface area contributed by atoms with Gasteiger partial charge in [0.2, 0.25) is 5.91 Å². The zero-order valence-corrected chi connectivity index (χ0v) is 17.5. The van der Waals surface area contributed by atoms with Gasteiger partial charge in [-0.15, -0.1) is 5.10 Å². The highest BCUT2D eigenvalue weighted by Crippen LogP contribution is 2.24. The molecule has 3 N–H and O–H groups in total. The van der Waals surface area contributed by atoms with Crippen molar-refractivity contribution in [1.29, 1.82) is 0 Å². The number of anilines is 1. The third kappa shape index (κ3) is 5.79. The van der Waals surface area contributed by atoms with Gasteiger partial charge in [0.15, 0.2) is 5.15 Å². The van der Waals surface area contributed by atoms with Gasteiger partial charge in [-0.05, 0) is 37.1 Å². The van der Waals surface area contributed by atoms with Gasteiger partial charge < -0.3 is 10.4 Å². The van der Waals surface area contributed by atoms with E-state index >= 15 is 0 Å². The van der Waals surface area contributed by atoms with E-state index in [2.05, 4.69) is 20.9 Å². The summed E-state index contributed by atoms with van der Waals surface area (Å²) < 4.78 is 1.40. The molecule has 30 heavy (non-hydrogen) atoms. The van der Waals surface area contributed by atoms with Crippen LogP contribution in [0.3, 0.4) is 0 Å². The predicted molar refractivity (Wildman–Crippen MR) is 114 cm³/mol. The number of hydrogen-bond donors (Lipinski definition) is 3. The maximum absolute atomic E-state index is 12.5. The lowest BCUT2D eigenvalue weighted by Gasteiger charge is -2.16. The van der Waals surface area contributed by atoms with Crippen molar-refractivity contribution in [3.05, 3.63) is 70.0 Å². The standard InChI is InChI=1S/C20H19Cl2N5O3/c1-12-2-4-13(5-3-12)8-16(20(29)30)23-10-19(28)24-15-9-14(21)6-7-17(15)27-11-18(22)25-26-27/h2-7,9,11,16,23H,8,10H2,1H3,(H,24,28)(H,29,30). The summed E-state index contributed by atoms with van der Waals surface area (Å²) in [5.74, 6) is -1.47. The summed E-state index contributed by atoms with van der Waals surface area (Å²) in [6, 6.07) is 11.5. The van der Waals surface area contributed by atoms with Crippen molar-refractivity contribution in [2.45, 2.75) is 19.4 Å². The second-order valence-electron chi connectivity index (χ2n) is 6.66. The first-order chi connectivity index (χ1) is 14.3. The number of aryl methyl sites for hydroxylation is 1. The van der Waals surface area contributed by atoms with E-state index in [1.807, 2.05) is 31.2 Å². The van der Waals surface area contributed by atoms with Crippen LogP contribution in [-0.2, 0) is 16.0 Å². The van der Waals surface area contributed by atoms with Crippen molar-refractivity contribution < 1.29 is 14.7 Å². The van der Waals surface area contributed by atoms with Crippen LogP contribution in [0.25, 0.3) is 5.69 Å². The Kier molecular flexibility index (Phi) is 7.04. The van der Waals surface area contributed by atoms with Gasteiger partial charge in [-0.2, -0.15) is 0 Å². The van der Waals surface area contributed by atoms with Gasteiger partial charge in [0, 0.05) is 5.02 Å².